The molecule has 25 heavy (non-hydrogen) atoms. The maximum absolute atomic E-state index is 12.6. The minimum atomic E-state index is -3.75. The maximum atomic E-state index is 12.6. The van der Waals surface area contributed by atoms with Crippen molar-refractivity contribution < 1.29 is 9.46 Å². The van der Waals surface area contributed by atoms with E-state index in [9.17, 15) is 9.46 Å². The van der Waals surface area contributed by atoms with E-state index in [1.54, 1.807) is 0 Å². The monoisotopic (exact) mass is 346 g/mol. The first-order valence-electron chi connectivity index (χ1n) is 8.06. The highest BCUT2D eigenvalue weighted by Gasteiger charge is 2.28. The third-order valence-electron chi connectivity index (χ3n) is 4.65. The molecule has 0 spiro atoms. The highest BCUT2D eigenvalue weighted by Crippen LogP contribution is 2.53. The van der Waals surface area contributed by atoms with Crippen LogP contribution in [0.4, 0.5) is 11.4 Å². The van der Waals surface area contributed by atoms with Gasteiger partial charge in [0.15, 0.2) is 0 Å². The summed E-state index contributed by atoms with van der Waals surface area (Å²) in [6, 6.07) is 23.9. The molecular weight excluding hydrogens is 331 g/mol. The number of benzene rings is 4. The Morgan fingerprint density at radius 1 is 0.640 bits per heavy atom. The molecule has 0 radical (unpaired) electrons. The van der Waals surface area contributed by atoms with E-state index in [0.717, 1.165) is 32.7 Å². The topological polar surface area (TPSA) is 61.4 Å². The third kappa shape index (κ3) is 2.23. The third-order valence-corrected chi connectivity index (χ3v) is 5.74. The molecule has 1 aliphatic rings. The first-order chi connectivity index (χ1) is 12.1. The highest BCUT2D eigenvalue weighted by atomic mass is 31.2. The molecule has 0 fully saturated rings. The van der Waals surface area contributed by atoms with Crippen LogP contribution >= 0.6 is 7.67 Å². The molecule has 0 atom stereocenters. The van der Waals surface area contributed by atoms with E-state index in [0.29, 0.717) is 11.4 Å². The van der Waals surface area contributed by atoms with Gasteiger partial charge in [-0.25, -0.2) is 4.57 Å². The Kier molecular flexibility index (Phi) is 2.96. The van der Waals surface area contributed by atoms with Crippen LogP contribution in [0, 0.1) is 0 Å². The molecule has 0 amide bonds. The van der Waals surface area contributed by atoms with Gasteiger partial charge in [-0.05, 0) is 33.7 Å². The average Bonchev–Trinajstić information content (AvgIpc) is 2.73. The van der Waals surface area contributed by atoms with Gasteiger partial charge in [-0.2, -0.15) is 0 Å². The molecule has 122 valence electrons. The zero-order valence-corrected chi connectivity index (χ0v) is 14.1. The average molecular weight is 346 g/mol. The van der Waals surface area contributed by atoms with Gasteiger partial charge in [0.25, 0.3) is 0 Å². The molecular formula is C20H15N2O2P. The summed E-state index contributed by atoms with van der Waals surface area (Å²) in [5.74, 6) is 0. The molecule has 5 rings (SSSR count). The Balaban J connectivity index is 2.02. The second kappa shape index (κ2) is 5.09. The summed E-state index contributed by atoms with van der Waals surface area (Å²) in [6.07, 6.45) is 0. The van der Waals surface area contributed by atoms with E-state index in [-0.39, 0.29) is 0 Å². The summed E-state index contributed by atoms with van der Waals surface area (Å²) >= 11 is 0. The summed E-state index contributed by atoms with van der Waals surface area (Å²) in [5.41, 5.74) is 3.22. The van der Waals surface area contributed by atoms with Gasteiger partial charge in [0.1, 0.15) is 0 Å². The summed E-state index contributed by atoms with van der Waals surface area (Å²) < 4.78 is 12.6. The molecule has 3 N–H and O–H groups in total. The summed E-state index contributed by atoms with van der Waals surface area (Å²) in [7, 11) is -3.75. The van der Waals surface area contributed by atoms with Crippen molar-refractivity contribution in [2.75, 3.05) is 10.2 Å². The normalized spacial score (nSPS) is 14.9. The van der Waals surface area contributed by atoms with Gasteiger partial charge in [-0.1, -0.05) is 60.7 Å². The molecule has 0 unspecified atom stereocenters. The smallest absolute Gasteiger partial charge is 0.313 e. The van der Waals surface area contributed by atoms with Crippen LogP contribution in [0.15, 0.2) is 72.8 Å². The Labute approximate surface area is 144 Å². The van der Waals surface area contributed by atoms with Crippen molar-refractivity contribution in [1.82, 2.24) is 0 Å². The molecule has 0 saturated carbocycles. The number of fused-ring (bicyclic) bond motifs is 7. The Hall–Kier alpha value is -2.81. The lowest BCUT2D eigenvalue weighted by atomic mass is 9.91. The van der Waals surface area contributed by atoms with Crippen molar-refractivity contribution in [3.8, 4) is 11.1 Å². The first-order valence-corrected chi connectivity index (χ1v) is 9.72. The van der Waals surface area contributed by atoms with Gasteiger partial charge in [-0.15, -0.1) is 0 Å². The lowest BCUT2D eigenvalue weighted by Gasteiger charge is -2.14. The van der Waals surface area contributed by atoms with E-state index in [1.807, 2.05) is 48.5 Å². The Morgan fingerprint density at radius 2 is 1.08 bits per heavy atom. The quantitative estimate of drug-likeness (QED) is 0.363. The van der Waals surface area contributed by atoms with Crippen LogP contribution in [0.5, 0.6) is 0 Å². The van der Waals surface area contributed by atoms with Gasteiger partial charge in [0, 0.05) is 11.1 Å². The van der Waals surface area contributed by atoms with Crippen LogP contribution < -0.4 is 10.2 Å². The summed E-state index contributed by atoms with van der Waals surface area (Å²) in [6.45, 7) is 0. The van der Waals surface area contributed by atoms with E-state index >= 15 is 0 Å². The molecule has 1 heterocycles. The zero-order chi connectivity index (χ0) is 17.0. The largest absolute Gasteiger partial charge is 0.389 e. The van der Waals surface area contributed by atoms with Crippen LogP contribution in [0.3, 0.4) is 0 Å². The number of hydrogen-bond acceptors (Lipinski definition) is 1. The first kappa shape index (κ1) is 14.5. The van der Waals surface area contributed by atoms with Gasteiger partial charge >= 0.3 is 7.67 Å². The van der Waals surface area contributed by atoms with E-state index in [1.165, 1.54) is 0 Å². The molecule has 1 aliphatic heterocycles. The lowest BCUT2D eigenvalue weighted by Crippen LogP contribution is -2.03. The van der Waals surface area contributed by atoms with Crippen molar-refractivity contribution in [3.05, 3.63) is 72.8 Å². The molecule has 0 aromatic heterocycles. The van der Waals surface area contributed by atoms with Crippen LogP contribution in [0.2, 0.25) is 0 Å². The van der Waals surface area contributed by atoms with Crippen LogP contribution in [0.25, 0.3) is 32.7 Å². The molecule has 5 heteroatoms. The molecule has 0 saturated heterocycles. The number of hydrogen-bond donors (Lipinski definition) is 3. The summed E-state index contributed by atoms with van der Waals surface area (Å²) in [5, 5.41) is 9.89. The number of rotatable bonds is 0. The van der Waals surface area contributed by atoms with E-state index in [2.05, 4.69) is 34.4 Å². The molecule has 4 aromatic carbocycles. The van der Waals surface area contributed by atoms with Crippen molar-refractivity contribution in [3.63, 3.8) is 0 Å². The van der Waals surface area contributed by atoms with Gasteiger partial charge in [0.2, 0.25) is 0 Å². The standard InChI is InChI=1S/C20H15N2O2P/c23-25(24)21-17-11-9-13-5-1-3-7-15(13)19(17)20-16-8-4-2-6-14(16)10-12-18(20)22-25/h1-12H,(H3,21,22,23,24). The fourth-order valence-electron chi connectivity index (χ4n) is 3.62. The zero-order valence-electron chi connectivity index (χ0n) is 13.2. The second-order valence-electron chi connectivity index (χ2n) is 6.22. The number of anilines is 2. The van der Waals surface area contributed by atoms with E-state index in [4.69, 9.17) is 0 Å². The van der Waals surface area contributed by atoms with Gasteiger partial charge < -0.3 is 4.89 Å². The Bertz CT molecular complexity index is 1110. The van der Waals surface area contributed by atoms with Crippen LogP contribution in [-0.4, -0.2) is 4.89 Å². The van der Waals surface area contributed by atoms with Crippen LogP contribution in [-0.2, 0) is 4.57 Å². The van der Waals surface area contributed by atoms with Crippen molar-refractivity contribution in [2.45, 2.75) is 0 Å². The second-order valence-corrected chi connectivity index (χ2v) is 7.82. The highest BCUT2D eigenvalue weighted by molar-refractivity contribution is 7.61. The van der Waals surface area contributed by atoms with Gasteiger partial charge in [0.05, 0.1) is 11.4 Å². The molecule has 0 bridgehead atoms. The van der Waals surface area contributed by atoms with Crippen molar-refractivity contribution in [2.24, 2.45) is 0 Å². The fraction of sp³-hybridized carbons (Fsp3) is 0. The van der Waals surface area contributed by atoms with Crippen LogP contribution in [0.1, 0.15) is 0 Å². The molecule has 4 nitrogen and oxygen atoms in total. The van der Waals surface area contributed by atoms with Crippen molar-refractivity contribution >= 4 is 40.6 Å². The Morgan fingerprint density at radius 3 is 1.56 bits per heavy atom. The molecule has 4 aromatic rings. The fourth-order valence-corrected chi connectivity index (χ4v) is 4.70. The number of nitrogens with one attached hydrogen (secondary N) is 2. The van der Waals surface area contributed by atoms with Gasteiger partial charge in [-0.3, -0.25) is 10.2 Å². The SMILES string of the molecule is O=P1(O)Nc2ccc3ccccc3c2-c2c(ccc3ccccc23)N1. The predicted octanol–water partition coefficient (Wildman–Crippen LogP) is 5.60. The van der Waals surface area contributed by atoms with E-state index < -0.39 is 7.67 Å². The molecule has 0 aliphatic carbocycles. The minimum absolute atomic E-state index is 0.659. The minimum Gasteiger partial charge on any atom is -0.313 e. The predicted molar refractivity (Wildman–Crippen MR) is 104 cm³/mol. The van der Waals surface area contributed by atoms with Crippen molar-refractivity contribution in [1.29, 1.82) is 0 Å². The lowest BCUT2D eigenvalue weighted by molar-refractivity contribution is 0.490. The maximum Gasteiger partial charge on any atom is 0.389 e. The summed E-state index contributed by atoms with van der Waals surface area (Å²) in [4.78, 5) is 10.3.